The first-order valence-electron chi connectivity index (χ1n) is 9.49. The van der Waals surface area contributed by atoms with E-state index in [0.717, 1.165) is 35.1 Å². The number of thiol groups is 1. The zero-order valence-corrected chi connectivity index (χ0v) is 18.4. The summed E-state index contributed by atoms with van der Waals surface area (Å²) < 4.78 is 2.08. The quantitative estimate of drug-likeness (QED) is 0.307. The molecule has 2 heterocycles. The molecule has 30 heavy (non-hydrogen) atoms. The van der Waals surface area contributed by atoms with Gasteiger partial charge in [-0.15, -0.1) is 0 Å². The highest BCUT2D eigenvalue weighted by Gasteiger charge is 2.25. The van der Waals surface area contributed by atoms with E-state index in [1.165, 1.54) is 4.31 Å². The van der Waals surface area contributed by atoms with Crippen LogP contribution in [0.1, 0.15) is 18.5 Å². The summed E-state index contributed by atoms with van der Waals surface area (Å²) in [6.45, 7) is 0.701. The lowest BCUT2D eigenvalue weighted by Gasteiger charge is -2.17. The molecule has 0 radical (unpaired) electrons. The molecule has 11 heteroatoms. The maximum absolute atomic E-state index is 12.1. The predicted molar refractivity (Wildman–Crippen MR) is 123 cm³/mol. The van der Waals surface area contributed by atoms with Crippen molar-refractivity contribution in [2.75, 3.05) is 21.5 Å². The number of urea groups is 1. The van der Waals surface area contributed by atoms with E-state index in [0.29, 0.717) is 24.0 Å². The van der Waals surface area contributed by atoms with Crippen molar-refractivity contribution in [1.82, 2.24) is 25.3 Å². The highest BCUT2D eigenvalue weighted by Crippen LogP contribution is 2.25. The number of aromatic amines is 1. The Morgan fingerprint density at radius 3 is 2.77 bits per heavy atom. The SMILES string of the molecule is O=C(NC1CC1)N(S)c1ccc(Nc2ncc(Br)c(NCCc3cnc[nH]3)n2)cc1. The largest absolute Gasteiger partial charge is 0.369 e. The first kappa shape index (κ1) is 20.5. The molecule has 0 aliphatic heterocycles. The number of rotatable bonds is 8. The Morgan fingerprint density at radius 1 is 1.27 bits per heavy atom. The Hall–Kier alpha value is -2.79. The highest BCUT2D eigenvalue weighted by molar-refractivity contribution is 9.10. The Kier molecular flexibility index (Phi) is 6.38. The molecule has 3 aromatic rings. The Bertz CT molecular complexity index is 994. The fourth-order valence-electron chi connectivity index (χ4n) is 2.68. The van der Waals surface area contributed by atoms with E-state index >= 15 is 0 Å². The fraction of sp³-hybridized carbons (Fsp3) is 0.263. The molecule has 1 fully saturated rings. The predicted octanol–water partition coefficient (Wildman–Crippen LogP) is 3.88. The van der Waals surface area contributed by atoms with Crippen molar-refractivity contribution in [3.05, 3.63) is 53.2 Å². The normalized spacial score (nSPS) is 13.0. The molecule has 9 nitrogen and oxygen atoms in total. The van der Waals surface area contributed by atoms with Gasteiger partial charge in [-0.3, -0.25) is 0 Å². The van der Waals surface area contributed by atoms with E-state index in [9.17, 15) is 4.79 Å². The summed E-state index contributed by atoms with van der Waals surface area (Å²) in [5.41, 5.74) is 2.53. The van der Waals surface area contributed by atoms with Crippen molar-refractivity contribution in [3.63, 3.8) is 0 Å². The number of hydrogen-bond acceptors (Lipinski definition) is 7. The molecule has 1 aliphatic rings. The number of H-pyrrole nitrogens is 1. The van der Waals surface area contributed by atoms with Crippen LogP contribution in [-0.2, 0) is 6.42 Å². The average molecular weight is 489 g/mol. The Balaban J connectivity index is 1.35. The van der Waals surface area contributed by atoms with Crippen LogP contribution in [0.2, 0.25) is 0 Å². The lowest BCUT2D eigenvalue weighted by molar-refractivity contribution is 0.249. The maximum atomic E-state index is 12.1. The number of anilines is 4. The fourth-order valence-corrected chi connectivity index (χ4v) is 3.21. The first-order valence-corrected chi connectivity index (χ1v) is 10.7. The van der Waals surface area contributed by atoms with E-state index in [1.807, 2.05) is 24.3 Å². The van der Waals surface area contributed by atoms with Gasteiger partial charge in [0, 0.05) is 42.8 Å². The second kappa shape index (κ2) is 9.35. The van der Waals surface area contributed by atoms with Gasteiger partial charge in [-0.25, -0.2) is 19.1 Å². The number of imidazole rings is 1. The second-order valence-electron chi connectivity index (χ2n) is 6.85. The Labute approximate surface area is 187 Å². The number of amides is 2. The molecule has 0 spiro atoms. The molecule has 1 aliphatic carbocycles. The van der Waals surface area contributed by atoms with Gasteiger partial charge in [-0.1, -0.05) is 12.8 Å². The maximum Gasteiger partial charge on any atom is 0.332 e. The monoisotopic (exact) mass is 488 g/mol. The van der Waals surface area contributed by atoms with Gasteiger partial charge in [0.1, 0.15) is 5.82 Å². The standard InChI is InChI=1S/C19H21BrN8OS/c20-16-10-23-18(27-17(16)22-8-7-14-9-21-11-24-14)25-12-3-5-15(6-4-12)28(30)19(29)26-13-1-2-13/h3-6,9-11,13,30H,1-2,7-8H2,(H,21,24)(H,26,29)(H2,22,23,25,27). The first-order chi connectivity index (χ1) is 14.6. The van der Waals surface area contributed by atoms with Crippen LogP contribution < -0.4 is 20.3 Å². The van der Waals surface area contributed by atoms with Crippen LogP contribution >= 0.6 is 28.7 Å². The highest BCUT2D eigenvalue weighted by atomic mass is 79.9. The molecule has 0 saturated heterocycles. The molecular formula is C19H21BrN8OS. The number of carbonyl (C=O) groups excluding carboxylic acids is 1. The topological polar surface area (TPSA) is 111 Å². The summed E-state index contributed by atoms with van der Waals surface area (Å²) in [5.74, 6) is 1.16. The van der Waals surface area contributed by atoms with E-state index in [-0.39, 0.29) is 12.1 Å². The third kappa shape index (κ3) is 5.42. The number of nitrogens with zero attached hydrogens (tertiary/aromatic N) is 4. The molecule has 4 rings (SSSR count). The van der Waals surface area contributed by atoms with Crippen LogP contribution in [0.3, 0.4) is 0 Å². The zero-order valence-electron chi connectivity index (χ0n) is 16.0. The number of halogens is 1. The van der Waals surface area contributed by atoms with Crippen LogP contribution in [0.5, 0.6) is 0 Å². The summed E-state index contributed by atoms with van der Waals surface area (Å²) in [6.07, 6.45) is 8.02. The zero-order chi connectivity index (χ0) is 20.9. The molecule has 2 amide bonds. The minimum absolute atomic E-state index is 0.219. The van der Waals surface area contributed by atoms with Crippen LogP contribution in [0.25, 0.3) is 0 Å². The van der Waals surface area contributed by atoms with E-state index in [4.69, 9.17) is 0 Å². The van der Waals surface area contributed by atoms with Gasteiger partial charge < -0.3 is 20.9 Å². The van der Waals surface area contributed by atoms with Crippen molar-refractivity contribution >= 4 is 57.9 Å². The summed E-state index contributed by atoms with van der Waals surface area (Å²) in [7, 11) is 0. The summed E-state index contributed by atoms with van der Waals surface area (Å²) >= 11 is 7.75. The third-order valence-corrected chi connectivity index (χ3v) is 5.44. The molecule has 0 bridgehead atoms. The van der Waals surface area contributed by atoms with E-state index in [1.54, 1.807) is 18.7 Å². The number of carbonyl (C=O) groups is 1. The van der Waals surface area contributed by atoms with Crippen molar-refractivity contribution in [2.45, 2.75) is 25.3 Å². The number of aromatic nitrogens is 4. The molecule has 0 atom stereocenters. The smallest absolute Gasteiger partial charge is 0.332 e. The molecular weight excluding hydrogens is 468 g/mol. The van der Waals surface area contributed by atoms with Crippen molar-refractivity contribution in [2.24, 2.45) is 0 Å². The summed E-state index contributed by atoms with van der Waals surface area (Å²) in [4.78, 5) is 28.0. The van der Waals surface area contributed by atoms with Gasteiger partial charge >= 0.3 is 6.03 Å². The molecule has 0 unspecified atom stereocenters. The molecule has 156 valence electrons. The molecule has 4 N–H and O–H groups in total. The molecule has 1 aromatic carbocycles. The lowest BCUT2D eigenvalue weighted by atomic mass is 10.3. The Morgan fingerprint density at radius 2 is 2.07 bits per heavy atom. The number of nitrogens with one attached hydrogen (secondary N) is 4. The van der Waals surface area contributed by atoms with Crippen LogP contribution in [0.4, 0.5) is 27.9 Å². The van der Waals surface area contributed by atoms with Gasteiger partial charge in [-0.05, 0) is 53.0 Å². The van der Waals surface area contributed by atoms with Gasteiger partial charge in [0.15, 0.2) is 0 Å². The van der Waals surface area contributed by atoms with Gasteiger partial charge in [0.2, 0.25) is 5.95 Å². The molecule has 2 aromatic heterocycles. The van der Waals surface area contributed by atoms with Gasteiger partial charge in [0.05, 0.1) is 16.5 Å². The van der Waals surface area contributed by atoms with Gasteiger partial charge in [0.25, 0.3) is 0 Å². The second-order valence-corrected chi connectivity index (χ2v) is 8.11. The third-order valence-electron chi connectivity index (χ3n) is 4.45. The van der Waals surface area contributed by atoms with Crippen LogP contribution in [0, 0.1) is 0 Å². The van der Waals surface area contributed by atoms with Gasteiger partial charge in [-0.2, -0.15) is 4.98 Å². The van der Waals surface area contributed by atoms with Crippen LogP contribution in [-0.4, -0.2) is 38.6 Å². The average Bonchev–Trinajstić information content (AvgIpc) is 3.41. The summed E-state index contributed by atoms with van der Waals surface area (Å²) in [5, 5.41) is 9.36. The summed E-state index contributed by atoms with van der Waals surface area (Å²) in [6, 6.07) is 7.38. The van der Waals surface area contributed by atoms with Crippen molar-refractivity contribution in [1.29, 1.82) is 0 Å². The van der Waals surface area contributed by atoms with Crippen LogP contribution in [0.15, 0.2) is 47.5 Å². The van der Waals surface area contributed by atoms with E-state index in [2.05, 4.69) is 64.6 Å². The number of hydrogen-bond donors (Lipinski definition) is 5. The lowest BCUT2D eigenvalue weighted by Crippen LogP contribution is -2.35. The number of benzene rings is 1. The molecule has 1 saturated carbocycles. The van der Waals surface area contributed by atoms with Crippen molar-refractivity contribution < 1.29 is 4.79 Å². The minimum Gasteiger partial charge on any atom is -0.369 e. The minimum atomic E-state index is -0.219. The van der Waals surface area contributed by atoms with E-state index < -0.39 is 0 Å². The van der Waals surface area contributed by atoms with Crippen molar-refractivity contribution in [3.8, 4) is 0 Å².